The van der Waals surface area contributed by atoms with Crippen LogP contribution in [-0.4, -0.2) is 8.42 Å². The lowest BCUT2D eigenvalue weighted by Crippen LogP contribution is -2.24. The topological polar surface area (TPSA) is 70.0 Å². The third kappa shape index (κ3) is 3.50. The van der Waals surface area contributed by atoms with Crippen LogP contribution in [0.4, 0.5) is 0 Å². The van der Waals surface area contributed by atoms with Gasteiger partial charge in [-0.1, -0.05) is 13.0 Å². The molecule has 1 aromatic carbocycles. The number of hydrogen-bond donors (Lipinski definition) is 1. The first-order valence-electron chi connectivity index (χ1n) is 6.53. The second kappa shape index (κ2) is 6.39. The van der Waals surface area contributed by atoms with Crippen LogP contribution in [0.2, 0.25) is 0 Å². The highest BCUT2D eigenvalue weighted by Gasteiger charge is 2.18. The first-order chi connectivity index (χ1) is 9.97. The minimum absolute atomic E-state index is 0.163. The molecule has 1 aromatic heterocycles. The van der Waals surface area contributed by atoms with Gasteiger partial charge in [-0.3, -0.25) is 0 Å². The van der Waals surface area contributed by atoms with E-state index in [1.807, 2.05) is 24.4 Å². The summed E-state index contributed by atoms with van der Waals surface area (Å²) in [5, 5.41) is 10.9. The van der Waals surface area contributed by atoms with E-state index in [2.05, 4.69) is 4.72 Å². The Morgan fingerprint density at radius 2 is 2.10 bits per heavy atom. The van der Waals surface area contributed by atoms with Crippen LogP contribution in [0.1, 0.15) is 28.5 Å². The molecular weight excluding hydrogens is 304 g/mol. The van der Waals surface area contributed by atoms with Gasteiger partial charge in [0.15, 0.2) is 0 Å². The van der Waals surface area contributed by atoms with Gasteiger partial charge < -0.3 is 0 Å². The first-order valence-corrected chi connectivity index (χ1v) is 8.90. The maximum Gasteiger partial charge on any atom is 0.241 e. The van der Waals surface area contributed by atoms with Gasteiger partial charge in [0.1, 0.15) is 0 Å². The highest BCUT2D eigenvalue weighted by Crippen LogP contribution is 2.20. The second-order valence-corrected chi connectivity index (χ2v) is 7.38. The van der Waals surface area contributed by atoms with Gasteiger partial charge in [0, 0.05) is 11.4 Å². The maximum atomic E-state index is 12.4. The molecule has 0 aliphatic carbocycles. The van der Waals surface area contributed by atoms with Crippen molar-refractivity contribution in [3.63, 3.8) is 0 Å². The van der Waals surface area contributed by atoms with Crippen molar-refractivity contribution in [1.82, 2.24) is 4.72 Å². The molecule has 0 bridgehead atoms. The smallest absolute Gasteiger partial charge is 0.207 e. The Balaban J connectivity index is 2.25. The molecule has 0 amide bonds. The SMILES string of the molecule is CCc1ccsc1CNS(=O)(=O)c1cc(C#N)ccc1C. The number of nitriles is 1. The summed E-state index contributed by atoms with van der Waals surface area (Å²) in [5.41, 5.74) is 2.12. The molecular formula is C15H16N2O2S2. The lowest BCUT2D eigenvalue weighted by Gasteiger charge is -2.09. The van der Waals surface area contributed by atoms with E-state index >= 15 is 0 Å². The van der Waals surface area contributed by atoms with Crippen molar-refractivity contribution in [2.45, 2.75) is 31.7 Å². The molecule has 2 rings (SSSR count). The average Bonchev–Trinajstić information content (AvgIpc) is 2.93. The average molecular weight is 320 g/mol. The predicted molar refractivity (Wildman–Crippen MR) is 83.6 cm³/mol. The zero-order valence-corrected chi connectivity index (χ0v) is 13.5. The highest BCUT2D eigenvalue weighted by atomic mass is 32.2. The van der Waals surface area contributed by atoms with E-state index in [0.29, 0.717) is 11.1 Å². The minimum atomic E-state index is -3.62. The van der Waals surface area contributed by atoms with Crippen LogP contribution in [0.25, 0.3) is 0 Å². The lowest BCUT2D eigenvalue weighted by atomic mass is 10.2. The molecule has 6 heteroatoms. The molecule has 0 spiro atoms. The van der Waals surface area contributed by atoms with Crippen molar-refractivity contribution in [3.05, 3.63) is 51.2 Å². The zero-order chi connectivity index (χ0) is 15.5. The van der Waals surface area contributed by atoms with Gasteiger partial charge in [0.05, 0.1) is 16.5 Å². The number of benzene rings is 1. The van der Waals surface area contributed by atoms with Crippen LogP contribution >= 0.6 is 11.3 Å². The molecule has 0 atom stereocenters. The zero-order valence-electron chi connectivity index (χ0n) is 11.9. The molecule has 0 saturated heterocycles. The van der Waals surface area contributed by atoms with E-state index in [4.69, 9.17) is 5.26 Å². The lowest BCUT2D eigenvalue weighted by molar-refractivity contribution is 0.581. The van der Waals surface area contributed by atoms with Gasteiger partial charge in [-0.2, -0.15) is 5.26 Å². The van der Waals surface area contributed by atoms with E-state index < -0.39 is 10.0 Å². The van der Waals surface area contributed by atoms with Crippen molar-refractivity contribution in [1.29, 1.82) is 5.26 Å². The van der Waals surface area contributed by atoms with Crippen molar-refractivity contribution < 1.29 is 8.42 Å². The summed E-state index contributed by atoms with van der Waals surface area (Å²) >= 11 is 1.54. The molecule has 0 radical (unpaired) electrons. The van der Waals surface area contributed by atoms with Crippen molar-refractivity contribution in [2.24, 2.45) is 0 Å². The number of thiophene rings is 1. The van der Waals surface area contributed by atoms with Crippen LogP contribution < -0.4 is 4.72 Å². The molecule has 1 N–H and O–H groups in total. The Morgan fingerprint density at radius 3 is 2.76 bits per heavy atom. The molecule has 2 aromatic rings. The van der Waals surface area contributed by atoms with Crippen LogP contribution in [0.5, 0.6) is 0 Å². The number of aryl methyl sites for hydroxylation is 2. The van der Waals surface area contributed by atoms with Gasteiger partial charge in [-0.05, 0) is 48.1 Å². The summed E-state index contributed by atoms with van der Waals surface area (Å²) in [5.74, 6) is 0. The summed E-state index contributed by atoms with van der Waals surface area (Å²) in [6, 6.07) is 8.65. The number of sulfonamides is 1. The van der Waals surface area contributed by atoms with Crippen LogP contribution in [-0.2, 0) is 23.0 Å². The molecule has 0 aliphatic rings. The fraction of sp³-hybridized carbons (Fsp3) is 0.267. The van der Waals surface area contributed by atoms with Gasteiger partial charge in [0.2, 0.25) is 10.0 Å². The van der Waals surface area contributed by atoms with E-state index in [1.165, 1.54) is 6.07 Å². The molecule has 4 nitrogen and oxygen atoms in total. The quantitative estimate of drug-likeness (QED) is 0.920. The van der Waals surface area contributed by atoms with Crippen LogP contribution in [0, 0.1) is 18.3 Å². The largest absolute Gasteiger partial charge is 0.241 e. The number of nitrogens with zero attached hydrogens (tertiary/aromatic N) is 1. The van der Waals surface area contributed by atoms with Crippen molar-refractivity contribution in [2.75, 3.05) is 0 Å². The highest BCUT2D eigenvalue weighted by molar-refractivity contribution is 7.89. The summed E-state index contributed by atoms with van der Waals surface area (Å²) < 4.78 is 27.4. The van der Waals surface area contributed by atoms with Gasteiger partial charge in [0.25, 0.3) is 0 Å². The molecule has 0 aliphatic heterocycles. The van der Waals surface area contributed by atoms with Crippen LogP contribution in [0.15, 0.2) is 34.5 Å². The van der Waals surface area contributed by atoms with Crippen molar-refractivity contribution >= 4 is 21.4 Å². The number of hydrogen-bond acceptors (Lipinski definition) is 4. The maximum absolute atomic E-state index is 12.4. The normalized spacial score (nSPS) is 11.3. The van der Waals surface area contributed by atoms with E-state index in [9.17, 15) is 8.42 Å². The standard InChI is InChI=1S/C15H16N2O2S2/c1-3-13-6-7-20-14(13)10-17-21(18,19)15-8-12(9-16)5-4-11(15)2/h4-8,17H,3,10H2,1-2H3. The second-order valence-electron chi connectivity index (χ2n) is 4.64. The van der Waals surface area contributed by atoms with E-state index in [-0.39, 0.29) is 11.4 Å². The van der Waals surface area contributed by atoms with Crippen molar-refractivity contribution in [3.8, 4) is 6.07 Å². The van der Waals surface area contributed by atoms with E-state index in [0.717, 1.165) is 16.9 Å². The fourth-order valence-electron chi connectivity index (χ4n) is 2.03. The Labute approximate surface area is 129 Å². The monoisotopic (exact) mass is 320 g/mol. The Bertz CT molecular complexity index is 786. The first kappa shape index (κ1) is 15.7. The summed E-state index contributed by atoms with van der Waals surface area (Å²) in [7, 11) is -3.62. The number of rotatable bonds is 5. The molecule has 0 saturated carbocycles. The third-order valence-electron chi connectivity index (χ3n) is 3.25. The molecule has 21 heavy (non-hydrogen) atoms. The van der Waals surface area contributed by atoms with Crippen LogP contribution in [0.3, 0.4) is 0 Å². The van der Waals surface area contributed by atoms with Gasteiger partial charge in [-0.15, -0.1) is 11.3 Å². The summed E-state index contributed by atoms with van der Waals surface area (Å²) in [6.45, 7) is 4.04. The predicted octanol–water partition coefficient (Wildman–Crippen LogP) is 2.97. The minimum Gasteiger partial charge on any atom is -0.207 e. The Hall–Kier alpha value is -1.68. The number of nitrogens with one attached hydrogen (secondary N) is 1. The molecule has 110 valence electrons. The summed E-state index contributed by atoms with van der Waals surface area (Å²) in [6.07, 6.45) is 0.878. The van der Waals surface area contributed by atoms with Gasteiger partial charge in [-0.25, -0.2) is 13.1 Å². The van der Waals surface area contributed by atoms with E-state index in [1.54, 1.807) is 30.4 Å². The fourth-order valence-corrected chi connectivity index (χ4v) is 4.31. The molecule has 0 fully saturated rings. The Kier molecular flexibility index (Phi) is 4.78. The van der Waals surface area contributed by atoms with Gasteiger partial charge >= 0.3 is 0 Å². The molecule has 1 heterocycles. The summed E-state index contributed by atoms with van der Waals surface area (Å²) in [4.78, 5) is 1.19. The third-order valence-corrected chi connectivity index (χ3v) is 5.75. The molecule has 0 unspecified atom stereocenters. The Morgan fingerprint density at radius 1 is 1.33 bits per heavy atom.